The number of piperidine rings is 1. The summed E-state index contributed by atoms with van der Waals surface area (Å²) in [6.45, 7) is 9.50. The highest BCUT2D eigenvalue weighted by Gasteiger charge is 2.31. The van der Waals surface area contributed by atoms with Crippen molar-refractivity contribution in [3.63, 3.8) is 0 Å². The van der Waals surface area contributed by atoms with Gasteiger partial charge in [-0.2, -0.15) is 0 Å². The first-order chi connectivity index (χ1) is 9.93. The number of nitrogens with one attached hydrogen (secondary N) is 1. The van der Waals surface area contributed by atoms with Crippen LogP contribution in [-0.2, 0) is 11.3 Å². The molecule has 1 N–H and O–H groups in total. The van der Waals surface area contributed by atoms with E-state index in [4.69, 9.17) is 4.74 Å². The van der Waals surface area contributed by atoms with E-state index in [2.05, 4.69) is 65.1 Å². The van der Waals surface area contributed by atoms with Gasteiger partial charge in [0.15, 0.2) is 0 Å². The number of methoxy groups -OCH3 is 1. The Bertz CT molecular complexity index is 478. The van der Waals surface area contributed by atoms with Crippen molar-refractivity contribution in [3.8, 4) is 0 Å². The van der Waals surface area contributed by atoms with Gasteiger partial charge in [0, 0.05) is 37.3 Å². The summed E-state index contributed by atoms with van der Waals surface area (Å²) in [6.07, 6.45) is 2.31. The Hall–Kier alpha value is -0.580. The second-order valence-corrected chi connectivity index (χ2v) is 7.35. The highest BCUT2D eigenvalue weighted by Crippen LogP contribution is 2.33. The maximum atomic E-state index is 5.69. The molecule has 0 radical (unpaired) electrons. The van der Waals surface area contributed by atoms with Crippen LogP contribution in [0.5, 0.6) is 0 Å². The van der Waals surface area contributed by atoms with Crippen molar-refractivity contribution >= 4 is 21.6 Å². The summed E-state index contributed by atoms with van der Waals surface area (Å²) in [5, 5.41) is 3.46. The van der Waals surface area contributed by atoms with Crippen molar-refractivity contribution < 1.29 is 4.74 Å². The zero-order chi connectivity index (χ0) is 15.5. The summed E-state index contributed by atoms with van der Waals surface area (Å²) < 4.78 is 6.86. The number of ether oxygens (including phenoxy) is 1. The summed E-state index contributed by atoms with van der Waals surface area (Å²) in [7, 11) is 1.82. The number of benzene rings is 1. The molecule has 0 aliphatic carbocycles. The number of rotatable bonds is 5. The highest BCUT2D eigenvalue weighted by molar-refractivity contribution is 9.10. The number of hydrogen-bond acceptors (Lipinski definition) is 3. The van der Waals surface area contributed by atoms with Crippen LogP contribution < -0.4 is 10.2 Å². The lowest BCUT2D eigenvalue weighted by atomic mass is 9.94. The molecule has 0 aromatic heterocycles. The van der Waals surface area contributed by atoms with Gasteiger partial charge >= 0.3 is 0 Å². The van der Waals surface area contributed by atoms with E-state index in [0.29, 0.717) is 6.04 Å². The Morgan fingerprint density at radius 1 is 1.43 bits per heavy atom. The number of halogens is 1. The van der Waals surface area contributed by atoms with Gasteiger partial charge in [0.05, 0.1) is 11.3 Å². The summed E-state index contributed by atoms with van der Waals surface area (Å²) in [4.78, 5) is 2.43. The lowest BCUT2D eigenvalue weighted by molar-refractivity contribution is -0.00467. The molecular formula is C17H27BrN2O. The third kappa shape index (κ3) is 4.44. The second-order valence-electron chi connectivity index (χ2n) is 6.50. The quantitative estimate of drug-likeness (QED) is 0.866. The highest BCUT2D eigenvalue weighted by atomic mass is 79.9. The van der Waals surface area contributed by atoms with E-state index >= 15 is 0 Å². The van der Waals surface area contributed by atoms with E-state index in [0.717, 1.165) is 26.1 Å². The Balaban J connectivity index is 2.10. The standard InChI is InChI=1S/C17H27BrN2O/c1-13(2)19-11-14-6-7-16(15(18)10-14)20-9-5-8-17(3,12-20)21-4/h6-7,10,13,19H,5,8-9,11-12H2,1-4H3. The van der Waals surface area contributed by atoms with Gasteiger partial charge in [-0.3, -0.25) is 0 Å². The first-order valence-electron chi connectivity index (χ1n) is 7.75. The minimum atomic E-state index is -0.0322. The van der Waals surface area contributed by atoms with Crippen LogP contribution in [0.3, 0.4) is 0 Å². The molecule has 0 bridgehead atoms. The van der Waals surface area contributed by atoms with Crippen molar-refractivity contribution in [2.45, 2.75) is 51.8 Å². The molecule has 1 heterocycles. The topological polar surface area (TPSA) is 24.5 Å². The Morgan fingerprint density at radius 2 is 2.19 bits per heavy atom. The molecule has 1 atom stereocenters. The van der Waals surface area contributed by atoms with E-state index in [9.17, 15) is 0 Å². The molecule has 1 saturated heterocycles. The molecule has 118 valence electrons. The molecule has 1 aromatic rings. The Kier molecular flexibility index (Phi) is 5.69. The van der Waals surface area contributed by atoms with Crippen LogP contribution in [-0.4, -0.2) is 31.8 Å². The summed E-state index contributed by atoms with van der Waals surface area (Å²) >= 11 is 3.74. The number of hydrogen-bond donors (Lipinski definition) is 1. The lowest BCUT2D eigenvalue weighted by Crippen LogP contribution is -2.47. The molecule has 1 aliphatic heterocycles. The molecular weight excluding hydrogens is 328 g/mol. The van der Waals surface area contributed by atoms with Gasteiger partial charge in [0.25, 0.3) is 0 Å². The number of nitrogens with zero attached hydrogens (tertiary/aromatic N) is 1. The largest absolute Gasteiger partial charge is 0.377 e. The van der Waals surface area contributed by atoms with E-state index in [-0.39, 0.29) is 5.60 Å². The first-order valence-corrected chi connectivity index (χ1v) is 8.55. The lowest BCUT2D eigenvalue weighted by Gasteiger charge is -2.41. The fourth-order valence-electron chi connectivity index (χ4n) is 2.82. The van der Waals surface area contributed by atoms with Crippen molar-refractivity contribution in [2.75, 3.05) is 25.1 Å². The molecule has 3 nitrogen and oxygen atoms in total. The molecule has 0 saturated carbocycles. The number of anilines is 1. The average Bonchev–Trinajstić information content (AvgIpc) is 2.45. The van der Waals surface area contributed by atoms with Crippen molar-refractivity contribution in [3.05, 3.63) is 28.2 Å². The monoisotopic (exact) mass is 354 g/mol. The van der Waals surface area contributed by atoms with Crippen molar-refractivity contribution in [1.82, 2.24) is 5.32 Å². The molecule has 1 unspecified atom stereocenters. The van der Waals surface area contributed by atoms with Crippen LogP contribution in [0.4, 0.5) is 5.69 Å². The molecule has 21 heavy (non-hydrogen) atoms. The van der Waals surface area contributed by atoms with Gasteiger partial charge < -0.3 is 15.0 Å². The minimum absolute atomic E-state index is 0.0322. The van der Waals surface area contributed by atoms with Crippen LogP contribution in [0, 0.1) is 0 Å². The third-order valence-corrected chi connectivity index (χ3v) is 4.85. The molecule has 2 rings (SSSR count). The Morgan fingerprint density at radius 3 is 2.81 bits per heavy atom. The molecule has 1 fully saturated rings. The van der Waals surface area contributed by atoms with E-state index < -0.39 is 0 Å². The van der Waals surface area contributed by atoms with Gasteiger partial charge in [-0.1, -0.05) is 19.9 Å². The zero-order valence-corrected chi connectivity index (χ0v) is 15.2. The third-order valence-electron chi connectivity index (χ3n) is 4.22. The van der Waals surface area contributed by atoms with Gasteiger partial charge in [-0.15, -0.1) is 0 Å². The molecule has 0 amide bonds. The molecule has 1 aliphatic rings. The van der Waals surface area contributed by atoms with Crippen LogP contribution in [0.1, 0.15) is 39.2 Å². The van der Waals surface area contributed by atoms with Crippen LogP contribution in [0.2, 0.25) is 0 Å². The normalized spacial score (nSPS) is 22.9. The summed E-state index contributed by atoms with van der Waals surface area (Å²) in [6, 6.07) is 7.17. The summed E-state index contributed by atoms with van der Waals surface area (Å²) in [5.74, 6) is 0. The first kappa shape index (κ1) is 16.8. The van der Waals surface area contributed by atoms with Gasteiger partial charge in [0.1, 0.15) is 0 Å². The summed E-state index contributed by atoms with van der Waals surface area (Å²) in [5.41, 5.74) is 2.55. The molecule has 4 heteroatoms. The maximum absolute atomic E-state index is 5.69. The van der Waals surface area contributed by atoms with Gasteiger partial charge in [-0.25, -0.2) is 0 Å². The van der Waals surface area contributed by atoms with Crippen LogP contribution in [0.15, 0.2) is 22.7 Å². The predicted molar refractivity (Wildman–Crippen MR) is 93.0 cm³/mol. The van der Waals surface area contributed by atoms with Crippen LogP contribution >= 0.6 is 15.9 Å². The maximum Gasteiger partial charge on any atom is 0.0825 e. The molecule has 1 aromatic carbocycles. The van der Waals surface area contributed by atoms with Crippen LogP contribution in [0.25, 0.3) is 0 Å². The predicted octanol–water partition coefficient (Wildman–Crippen LogP) is 3.95. The van der Waals surface area contributed by atoms with Crippen molar-refractivity contribution in [1.29, 1.82) is 0 Å². The SMILES string of the molecule is COC1(C)CCCN(c2ccc(CNC(C)C)cc2Br)C1. The van der Waals surface area contributed by atoms with Gasteiger partial charge in [0.2, 0.25) is 0 Å². The fourth-order valence-corrected chi connectivity index (χ4v) is 3.49. The second kappa shape index (κ2) is 7.12. The molecule has 0 spiro atoms. The van der Waals surface area contributed by atoms with E-state index in [1.165, 1.54) is 22.1 Å². The Labute approximate surface area is 137 Å². The zero-order valence-electron chi connectivity index (χ0n) is 13.6. The average molecular weight is 355 g/mol. The fraction of sp³-hybridized carbons (Fsp3) is 0.647. The van der Waals surface area contributed by atoms with E-state index in [1.54, 1.807) is 0 Å². The minimum Gasteiger partial charge on any atom is -0.377 e. The van der Waals surface area contributed by atoms with Crippen molar-refractivity contribution in [2.24, 2.45) is 0 Å². The van der Waals surface area contributed by atoms with E-state index in [1.807, 2.05) is 7.11 Å². The smallest absolute Gasteiger partial charge is 0.0825 e. The van der Waals surface area contributed by atoms with Gasteiger partial charge in [-0.05, 0) is 53.4 Å².